The van der Waals surface area contributed by atoms with Gasteiger partial charge < -0.3 is 10.6 Å². The van der Waals surface area contributed by atoms with Crippen LogP contribution in [-0.2, 0) is 14.8 Å². The van der Waals surface area contributed by atoms with Gasteiger partial charge in [-0.15, -0.1) is 0 Å². The fraction of sp³-hybridized carbons (Fsp3) is 0.550. The molecular weight excluding hydrogens is 394 g/mol. The number of sulfonamides is 1. The quantitative estimate of drug-likeness (QED) is 0.723. The lowest BCUT2D eigenvalue weighted by Crippen LogP contribution is -3.00. The number of carbonyl (C=O) groups excluding carboxylic acids is 1. The Labute approximate surface area is 172 Å². The van der Waals surface area contributed by atoms with Crippen LogP contribution in [0.2, 0.25) is 0 Å². The van der Waals surface area contributed by atoms with E-state index < -0.39 is 10.0 Å². The van der Waals surface area contributed by atoms with Crippen molar-refractivity contribution in [3.8, 4) is 0 Å². The van der Waals surface area contributed by atoms with Crippen molar-refractivity contribution in [1.82, 2.24) is 9.62 Å². The molecule has 2 aliphatic heterocycles. The van der Waals surface area contributed by atoms with Crippen molar-refractivity contribution in [3.63, 3.8) is 0 Å². The molecule has 8 heteroatoms. The molecule has 154 valence electrons. The molecule has 1 spiro atoms. The van der Waals surface area contributed by atoms with Crippen molar-refractivity contribution in [2.24, 2.45) is 0 Å². The van der Waals surface area contributed by atoms with E-state index in [4.69, 9.17) is 0 Å². The Balaban J connectivity index is 1.55. The summed E-state index contributed by atoms with van der Waals surface area (Å²) in [6, 6.07) is 9.54. The second kappa shape index (κ2) is 8.98. The zero-order valence-electron chi connectivity index (χ0n) is 16.5. The molecule has 0 unspecified atom stereocenters. The van der Waals surface area contributed by atoms with Gasteiger partial charge in [0.2, 0.25) is 10.0 Å². The number of nitrogens with two attached hydrogens (primary N) is 1. The lowest BCUT2D eigenvalue weighted by molar-refractivity contribution is -0.714. The minimum absolute atomic E-state index is 0.0768. The number of amides is 1. The molecule has 0 saturated carbocycles. The third-order valence-electron chi connectivity index (χ3n) is 5.55. The number of rotatable bonds is 6. The number of nitrogens with zero attached hydrogens (tertiary/aromatic N) is 1. The van der Waals surface area contributed by atoms with Crippen LogP contribution >= 0.6 is 11.8 Å². The average molecular weight is 425 g/mol. The standard InChI is InChI=1S/C20H29N3O3S2/c1-3-16(2)21-19(24)18-15-27-20(22-18)10-12-23(13-11-20)28(25,26)14-9-17-7-5-4-6-8-17/h4-9,14,16,18,22H,3,10-13,15H2,1-2H3,(H,21,24)/p+1/b14-9+/t16-,18+/m1/s1. The lowest BCUT2D eigenvalue weighted by atomic mass is 10.0. The summed E-state index contributed by atoms with van der Waals surface area (Å²) >= 11 is 1.80. The molecular formula is C20H30N3O3S2+. The highest BCUT2D eigenvalue weighted by atomic mass is 32.2. The van der Waals surface area contributed by atoms with E-state index in [0.717, 1.165) is 30.6 Å². The molecule has 3 N–H and O–H groups in total. The number of hydrogen-bond acceptors (Lipinski definition) is 4. The molecule has 0 bridgehead atoms. The van der Waals surface area contributed by atoms with Gasteiger partial charge in [-0.3, -0.25) is 4.79 Å². The molecule has 2 atom stereocenters. The zero-order valence-corrected chi connectivity index (χ0v) is 18.1. The molecule has 0 aliphatic carbocycles. The number of hydrogen-bond donors (Lipinski definition) is 2. The maximum Gasteiger partial charge on any atom is 0.279 e. The molecule has 1 amide bonds. The Kier molecular flexibility index (Phi) is 6.85. The van der Waals surface area contributed by atoms with Crippen molar-refractivity contribution < 1.29 is 18.5 Å². The Morgan fingerprint density at radius 3 is 2.68 bits per heavy atom. The normalized spacial score (nSPS) is 23.9. The Bertz CT molecular complexity index is 803. The van der Waals surface area contributed by atoms with Crippen molar-refractivity contribution in [1.29, 1.82) is 0 Å². The molecule has 2 saturated heterocycles. The van der Waals surface area contributed by atoms with E-state index in [9.17, 15) is 13.2 Å². The van der Waals surface area contributed by atoms with Crippen molar-refractivity contribution >= 4 is 33.8 Å². The Hall–Kier alpha value is -1.35. The van der Waals surface area contributed by atoms with Gasteiger partial charge in [-0.1, -0.05) is 49.0 Å². The van der Waals surface area contributed by atoms with Crippen LogP contribution in [0.1, 0.15) is 38.7 Å². The molecule has 2 heterocycles. The molecule has 2 fully saturated rings. The fourth-order valence-electron chi connectivity index (χ4n) is 3.57. The van der Waals surface area contributed by atoms with Crippen LogP contribution in [0, 0.1) is 0 Å². The zero-order chi connectivity index (χ0) is 20.2. The molecule has 1 aromatic rings. The van der Waals surface area contributed by atoms with Crippen LogP contribution < -0.4 is 10.6 Å². The van der Waals surface area contributed by atoms with E-state index in [1.807, 2.05) is 37.3 Å². The third kappa shape index (κ3) is 5.17. The molecule has 28 heavy (non-hydrogen) atoms. The summed E-state index contributed by atoms with van der Waals surface area (Å²) in [5.74, 6) is 0.878. The van der Waals surface area contributed by atoms with Gasteiger partial charge in [0, 0.05) is 37.4 Å². The summed E-state index contributed by atoms with van der Waals surface area (Å²) in [4.78, 5) is 12.3. The molecule has 3 rings (SSSR count). The molecule has 1 aromatic carbocycles. The van der Waals surface area contributed by atoms with Crippen LogP contribution in [0.5, 0.6) is 0 Å². The van der Waals surface area contributed by atoms with Crippen molar-refractivity contribution in [2.45, 2.75) is 50.1 Å². The molecule has 6 nitrogen and oxygen atoms in total. The molecule has 2 aliphatic rings. The second-order valence-corrected chi connectivity index (χ2v) is 10.9. The van der Waals surface area contributed by atoms with Crippen LogP contribution in [0.4, 0.5) is 0 Å². The van der Waals surface area contributed by atoms with E-state index in [-0.39, 0.29) is 22.9 Å². The van der Waals surface area contributed by atoms with Gasteiger partial charge >= 0.3 is 0 Å². The fourth-order valence-corrected chi connectivity index (χ4v) is 6.25. The first-order valence-electron chi connectivity index (χ1n) is 9.87. The van der Waals surface area contributed by atoms with Gasteiger partial charge in [0.05, 0.1) is 5.75 Å². The maximum absolute atomic E-state index is 12.6. The van der Waals surface area contributed by atoms with Gasteiger partial charge in [-0.05, 0) is 25.0 Å². The number of nitrogens with one attached hydrogen (secondary N) is 1. The second-order valence-electron chi connectivity index (χ2n) is 7.62. The largest absolute Gasteiger partial charge is 0.348 e. The monoisotopic (exact) mass is 424 g/mol. The van der Waals surface area contributed by atoms with Gasteiger partial charge in [0.15, 0.2) is 6.04 Å². The Morgan fingerprint density at radius 1 is 1.36 bits per heavy atom. The summed E-state index contributed by atoms with van der Waals surface area (Å²) in [5, 5.41) is 6.53. The lowest BCUT2D eigenvalue weighted by Gasteiger charge is -2.35. The summed E-state index contributed by atoms with van der Waals surface area (Å²) in [7, 11) is -3.43. The van der Waals surface area contributed by atoms with Gasteiger partial charge in [-0.2, -0.15) is 4.31 Å². The van der Waals surface area contributed by atoms with E-state index in [1.165, 1.54) is 5.41 Å². The van der Waals surface area contributed by atoms with Gasteiger partial charge in [0.25, 0.3) is 5.91 Å². The van der Waals surface area contributed by atoms with E-state index in [0.29, 0.717) is 13.1 Å². The van der Waals surface area contributed by atoms with Crippen LogP contribution in [0.15, 0.2) is 35.7 Å². The third-order valence-corrected chi connectivity index (χ3v) is 8.76. The molecule has 0 radical (unpaired) electrons. The number of carbonyl (C=O) groups is 1. The van der Waals surface area contributed by atoms with Gasteiger partial charge in [0.1, 0.15) is 4.87 Å². The first kappa shape index (κ1) is 21.4. The van der Waals surface area contributed by atoms with E-state index >= 15 is 0 Å². The number of piperidine rings is 1. The Morgan fingerprint density at radius 2 is 2.04 bits per heavy atom. The highest BCUT2D eigenvalue weighted by Gasteiger charge is 2.49. The predicted molar refractivity (Wildman–Crippen MR) is 114 cm³/mol. The highest BCUT2D eigenvalue weighted by Crippen LogP contribution is 2.34. The minimum Gasteiger partial charge on any atom is -0.348 e. The average Bonchev–Trinajstić information content (AvgIpc) is 3.11. The summed E-state index contributed by atoms with van der Waals surface area (Å²) < 4.78 is 26.8. The maximum atomic E-state index is 12.6. The topological polar surface area (TPSA) is 83.1 Å². The van der Waals surface area contributed by atoms with Crippen molar-refractivity contribution in [3.05, 3.63) is 41.3 Å². The summed E-state index contributed by atoms with van der Waals surface area (Å²) in [5.41, 5.74) is 0.870. The van der Waals surface area contributed by atoms with Crippen LogP contribution in [0.25, 0.3) is 6.08 Å². The predicted octanol–water partition coefficient (Wildman–Crippen LogP) is 1.37. The van der Waals surface area contributed by atoms with Crippen LogP contribution in [-0.4, -0.2) is 54.4 Å². The van der Waals surface area contributed by atoms with Crippen LogP contribution in [0.3, 0.4) is 0 Å². The first-order valence-corrected chi connectivity index (χ1v) is 12.4. The van der Waals surface area contributed by atoms with Gasteiger partial charge in [-0.25, -0.2) is 8.42 Å². The SMILES string of the molecule is CC[C@@H](C)NC(=O)[C@@H]1CSC2(CCN(S(=O)(=O)/C=C/c3ccccc3)CC2)[NH2+]1. The van der Waals surface area contributed by atoms with E-state index in [2.05, 4.69) is 17.6 Å². The minimum atomic E-state index is -3.43. The number of benzene rings is 1. The number of quaternary nitrogens is 1. The first-order chi connectivity index (χ1) is 13.3. The van der Waals surface area contributed by atoms with Crippen molar-refractivity contribution in [2.75, 3.05) is 18.8 Å². The number of thioether (sulfide) groups is 1. The summed E-state index contributed by atoms with van der Waals surface area (Å²) in [6.45, 7) is 5.05. The van der Waals surface area contributed by atoms with E-state index in [1.54, 1.807) is 22.1 Å². The highest BCUT2D eigenvalue weighted by molar-refractivity contribution is 8.00. The molecule has 0 aromatic heterocycles. The smallest absolute Gasteiger partial charge is 0.279 e. The summed E-state index contributed by atoms with van der Waals surface area (Å²) in [6.07, 6.45) is 4.07.